The van der Waals surface area contributed by atoms with Crippen molar-refractivity contribution in [2.45, 2.75) is 13.5 Å². The van der Waals surface area contributed by atoms with Crippen molar-refractivity contribution in [3.05, 3.63) is 54.4 Å². The maximum absolute atomic E-state index is 5.46. The van der Waals surface area contributed by atoms with Crippen LogP contribution in [0.2, 0.25) is 0 Å². The number of hydrogen-bond donors (Lipinski definition) is 1. The number of hydrogen-bond acceptors (Lipinski definition) is 4. The van der Waals surface area contributed by atoms with Crippen molar-refractivity contribution in [2.75, 3.05) is 6.54 Å². The fraction of sp³-hybridized carbons (Fsp3) is 0.188. The summed E-state index contributed by atoms with van der Waals surface area (Å²) < 4.78 is 5.46. The number of benzene rings is 1. The molecule has 20 heavy (non-hydrogen) atoms. The number of aromatic nitrogens is 1. The second-order valence-electron chi connectivity index (χ2n) is 4.42. The second kappa shape index (κ2) is 6.03. The molecule has 0 aliphatic carbocycles. The van der Waals surface area contributed by atoms with Gasteiger partial charge in [0.25, 0.3) is 0 Å². The van der Waals surface area contributed by atoms with Gasteiger partial charge in [-0.25, -0.2) is 4.98 Å². The van der Waals surface area contributed by atoms with Crippen LogP contribution in [0.3, 0.4) is 0 Å². The smallest absolute Gasteiger partial charge is 0.162 e. The van der Waals surface area contributed by atoms with Crippen LogP contribution in [-0.2, 0) is 6.54 Å². The molecule has 3 rings (SSSR count). The minimum atomic E-state index is 0.776. The van der Waals surface area contributed by atoms with Gasteiger partial charge in [-0.3, -0.25) is 0 Å². The van der Waals surface area contributed by atoms with Gasteiger partial charge in [0.15, 0.2) is 10.8 Å². The molecule has 1 N–H and O–H groups in total. The third-order valence-electron chi connectivity index (χ3n) is 3.01. The SMILES string of the molecule is CCNCc1nc(-c2ccco2)sc1-c1ccccc1. The van der Waals surface area contributed by atoms with Crippen molar-refractivity contribution in [1.29, 1.82) is 0 Å². The molecule has 1 aromatic carbocycles. The lowest BCUT2D eigenvalue weighted by atomic mass is 10.1. The zero-order valence-corrected chi connectivity index (χ0v) is 12.1. The van der Waals surface area contributed by atoms with Gasteiger partial charge >= 0.3 is 0 Å². The predicted molar refractivity (Wildman–Crippen MR) is 82.6 cm³/mol. The van der Waals surface area contributed by atoms with Crippen LogP contribution in [0.25, 0.3) is 21.2 Å². The molecular weight excluding hydrogens is 268 g/mol. The summed E-state index contributed by atoms with van der Waals surface area (Å²) in [5.41, 5.74) is 2.28. The molecule has 2 aromatic heterocycles. The van der Waals surface area contributed by atoms with E-state index in [0.29, 0.717) is 0 Å². The summed E-state index contributed by atoms with van der Waals surface area (Å²) in [6.45, 7) is 3.81. The predicted octanol–water partition coefficient (Wildman–Crippen LogP) is 4.18. The van der Waals surface area contributed by atoms with Crippen molar-refractivity contribution < 1.29 is 4.42 Å². The van der Waals surface area contributed by atoms with E-state index in [1.54, 1.807) is 17.6 Å². The molecule has 0 saturated heterocycles. The van der Waals surface area contributed by atoms with Crippen LogP contribution in [0.5, 0.6) is 0 Å². The van der Waals surface area contributed by atoms with Crippen molar-refractivity contribution in [1.82, 2.24) is 10.3 Å². The van der Waals surface area contributed by atoms with Gasteiger partial charge in [0.2, 0.25) is 0 Å². The van der Waals surface area contributed by atoms with Crippen molar-refractivity contribution in [3.63, 3.8) is 0 Å². The molecule has 0 amide bonds. The first kappa shape index (κ1) is 13.1. The van der Waals surface area contributed by atoms with Gasteiger partial charge in [0.05, 0.1) is 16.8 Å². The molecule has 0 unspecified atom stereocenters. The van der Waals surface area contributed by atoms with Crippen molar-refractivity contribution >= 4 is 11.3 Å². The Bertz CT molecular complexity index is 659. The number of nitrogens with zero attached hydrogens (tertiary/aromatic N) is 1. The molecule has 0 atom stereocenters. The molecule has 4 heteroatoms. The Morgan fingerprint density at radius 1 is 1.15 bits per heavy atom. The van der Waals surface area contributed by atoms with E-state index in [-0.39, 0.29) is 0 Å². The fourth-order valence-corrected chi connectivity index (χ4v) is 3.09. The Hall–Kier alpha value is -1.91. The van der Waals surface area contributed by atoms with Crippen LogP contribution < -0.4 is 5.32 Å². The van der Waals surface area contributed by atoms with Gasteiger partial charge in [-0.15, -0.1) is 11.3 Å². The van der Waals surface area contributed by atoms with E-state index in [0.717, 1.165) is 29.6 Å². The minimum absolute atomic E-state index is 0.776. The molecule has 102 valence electrons. The van der Waals surface area contributed by atoms with Crippen LogP contribution in [0.1, 0.15) is 12.6 Å². The molecule has 0 saturated carbocycles. The fourth-order valence-electron chi connectivity index (χ4n) is 2.04. The van der Waals surface area contributed by atoms with Gasteiger partial charge in [-0.1, -0.05) is 37.3 Å². The summed E-state index contributed by atoms with van der Waals surface area (Å²) in [7, 11) is 0. The van der Waals surface area contributed by atoms with Gasteiger partial charge < -0.3 is 9.73 Å². The average Bonchev–Trinajstić information content (AvgIpc) is 3.15. The maximum Gasteiger partial charge on any atom is 0.162 e. The van der Waals surface area contributed by atoms with Gasteiger partial charge in [-0.2, -0.15) is 0 Å². The first-order valence-electron chi connectivity index (χ1n) is 6.68. The van der Waals surface area contributed by atoms with Crippen LogP contribution in [0.15, 0.2) is 53.1 Å². The Morgan fingerprint density at radius 2 is 2.00 bits per heavy atom. The monoisotopic (exact) mass is 284 g/mol. The summed E-state index contributed by atoms with van der Waals surface area (Å²) >= 11 is 1.68. The van der Waals surface area contributed by atoms with E-state index >= 15 is 0 Å². The summed E-state index contributed by atoms with van der Waals surface area (Å²) in [5.74, 6) is 0.829. The molecule has 3 nitrogen and oxygen atoms in total. The van der Waals surface area contributed by atoms with Crippen LogP contribution in [0.4, 0.5) is 0 Å². The van der Waals surface area contributed by atoms with E-state index in [2.05, 4.69) is 36.5 Å². The molecule has 0 spiro atoms. The number of nitrogens with one attached hydrogen (secondary N) is 1. The highest BCUT2D eigenvalue weighted by atomic mass is 32.1. The molecule has 0 aliphatic rings. The van der Waals surface area contributed by atoms with E-state index in [1.807, 2.05) is 18.2 Å². The number of thiazole rings is 1. The molecule has 0 bridgehead atoms. The summed E-state index contributed by atoms with van der Waals surface area (Å²) in [6.07, 6.45) is 1.68. The minimum Gasteiger partial charge on any atom is -0.462 e. The number of rotatable bonds is 5. The quantitative estimate of drug-likeness (QED) is 0.763. The Kier molecular flexibility index (Phi) is 3.95. The van der Waals surface area contributed by atoms with Crippen molar-refractivity contribution in [3.8, 4) is 21.2 Å². The standard InChI is InChI=1S/C16H16N2OS/c1-2-17-11-13-15(12-7-4-3-5-8-12)20-16(18-13)14-9-6-10-19-14/h3-10,17H,2,11H2,1H3. The highest BCUT2D eigenvalue weighted by molar-refractivity contribution is 7.18. The first-order valence-corrected chi connectivity index (χ1v) is 7.50. The van der Waals surface area contributed by atoms with Gasteiger partial charge in [-0.05, 0) is 24.2 Å². The molecule has 0 aliphatic heterocycles. The van der Waals surface area contributed by atoms with E-state index in [4.69, 9.17) is 9.40 Å². The zero-order chi connectivity index (χ0) is 13.8. The first-order chi connectivity index (χ1) is 9.88. The summed E-state index contributed by atoms with van der Waals surface area (Å²) in [5, 5.41) is 4.28. The van der Waals surface area contributed by atoms with Crippen LogP contribution >= 0.6 is 11.3 Å². The largest absolute Gasteiger partial charge is 0.462 e. The topological polar surface area (TPSA) is 38.1 Å². The average molecular weight is 284 g/mol. The molecule has 2 heterocycles. The lowest BCUT2D eigenvalue weighted by Crippen LogP contribution is -2.12. The zero-order valence-electron chi connectivity index (χ0n) is 11.3. The van der Waals surface area contributed by atoms with E-state index < -0.39 is 0 Å². The Labute approximate surface area is 122 Å². The Morgan fingerprint density at radius 3 is 2.70 bits per heavy atom. The second-order valence-corrected chi connectivity index (χ2v) is 5.42. The van der Waals surface area contributed by atoms with E-state index in [1.165, 1.54) is 10.4 Å². The lowest BCUT2D eigenvalue weighted by molar-refractivity contribution is 0.581. The van der Waals surface area contributed by atoms with Crippen LogP contribution in [0, 0.1) is 0 Å². The molecular formula is C16H16N2OS. The third-order valence-corrected chi connectivity index (χ3v) is 4.17. The highest BCUT2D eigenvalue weighted by Gasteiger charge is 2.15. The lowest BCUT2D eigenvalue weighted by Gasteiger charge is -2.02. The number of furan rings is 1. The molecule has 3 aromatic rings. The van der Waals surface area contributed by atoms with E-state index in [9.17, 15) is 0 Å². The molecule has 0 fully saturated rings. The van der Waals surface area contributed by atoms with Crippen molar-refractivity contribution in [2.24, 2.45) is 0 Å². The third kappa shape index (κ3) is 2.66. The van der Waals surface area contributed by atoms with Gasteiger partial charge in [0, 0.05) is 6.54 Å². The summed E-state index contributed by atoms with van der Waals surface area (Å²) in [4.78, 5) is 5.94. The normalized spacial score (nSPS) is 10.8. The molecule has 0 radical (unpaired) electrons. The Balaban J connectivity index is 2.02. The summed E-state index contributed by atoms with van der Waals surface area (Å²) in [6, 6.07) is 14.2. The van der Waals surface area contributed by atoms with Crippen LogP contribution in [-0.4, -0.2) is 11.5 Å². The van der Waals surface area contributed by atoms with Gasteiger partial charge in [0.1, 0.15) is 0 Å². The maximum atomic E-state index is 5.46. The highest BCUT2D eigenvalue weighted by Crippen LogP contribution is 2.35.